The first kappa shape index (κ1) is 14.2. The van der Waals surface area contributed by atoms with Gasteiger partial charge >= 0.3 is 7.12 Å². The van der Waals surface area contributed by atoms with Crippen LogP contribution in [0.4, 0.5) is 0 Å². The number of ether oxygens (including phenoxy) is 1. The fourth-order valence-corrected chi connectivity index (χ4v) is 1.93. The molecule has 0 spiro atoms. The summed E-state index contributed by atoms with van der Waals surface area (Å²) in [7, 11) is -1.52. The smallest absolute Gasteiger partial charge is 0.488 e. The van der Waals surface area contributed by atoms with E-state index < -0.39 is 7.12 Å². The summed E-state index contributed by atoms with van der Waals surface area (Å²) in [6, 6.07) is 11.9. The van der Waals surface area contributed by atoms with E-state index in [0.717, 1.165) is 0 Å². The zero-order valence-corrected chi connectivity index (χ0v) is 11.4. The van der Waals surface area contributed by atoms with Crippen molar-refractivity contribution in [2.24, 2.45) is 0 Å². The van der Waals surface area contributed by atoms with Crippen LogP contribution in [0.3, 0.4) is 0 Å². The van der Waals surface area contributed by atoms with Gasteiger partial charge in [0.05, 0.1) is 10.0 Å². The van der Waals surface area contributed by atoms with E-state index in [0.29, 0.717) is 26.8 Å². The molecule has 2 aromatic carbocycles. The standard InChI is InChI=1S/C13H11BCl2O3/c15-12-6-5-10(7-13(12)16)19-8-9-3-1-2-4-11(9)14(17)18/h1-7,17-18H,8H2. The summed E-state index contributed by atoms with van der Waals surface area (Å²) in [6.45, 7) is 0.214. The number of hydrogen-bond acceptors (Lipinski definition) is 3. The quantitative estimate of drug-likeness (QED) is 0.851. The molecule has 3 nitrogen and oxygen atoms in total. The Labute approximate surface area is 121 Å². The van der Waals surface area contributed by atoms with Crippen molar-refractivity contribution in [1.29, 1.82) is 0 Å². The third-order valence-corrected chi connectivity index (χ3v) is 3.36. The molecule has 0 amide bonds. The number of halogens is 2. The third-order valence-electron chi connectivity index (χ3n) is 2.62. The summed E-state index contributed by atoms with van der Waals surface area (Å²) < 4.78 is 5.55. The molecule has 2 rings (SSSR count). The number of benzene rings is 2. The fraction of sp³-hybridized carbons (Fsp3) is 0.0769. The van der Waals surface area contributed by atoms with E-state index in [4.69, 9.17) is 27.9 Å². The maximum atomic E-state index is 9.24. The Morgan fingerprint density at radius 1 is 1.00 bits per heavy atom. The van der Waals surface area contributed by atoms with Gasteiger partial charge in [0, 0.05) is 6.07 Å². The van der Waals surface area contributed by atoms with Crippen LogP contribution in [-0.2, 0) is 6.61 Å². The van der Waals surface area contributed by atoms with Crippen molar-refractivity contribution in [2.75, 3.05) is 0 Å². The maximum Gasteiger partial charge on any atom is 0.488 e. The summed E-state index contributed by atoms with van der Waals surface area (Å²) in [6.07, 6.45) is 0. The van der Waals surface area contributed by atoms with Crippen LogP contribution < -0.4 is 10.2 Å². The minimum atomic E-state index is -1.52. The Balaban J connectivity index is 2.12. The molecule has 19 heavy (non-hydrogen) atoms. The minimum absolute atomic E-state index is 0.214. The van der Waals surface area contributed by atoms with Crippen molar-refractivity contribution in [3.8, 4) is 5.75 Å². The number of rotatable bonds is 4. The van der Waals surface area contributed by atoms with E-state index in [1.165, 1.54) is 0 Å². The van der Waals surface area contributed by atoms with Gasteiger partial charge in [0.1, 0.15) is 12.4 Å². The lowest BCUT2D eigenvalue weighted by Gasteiger charge is -2.11. The summed E-state index contributed by atoms with van der Waals surface area (Å²) in [5.74, 6) is 0.566. The zero-order chi connectivity index (χ0) is 13.8. The minimum Gasteiger partial charge on any atom is -0.489 e. The van der Waals surface area contributed by atoms with Crippen molar-refractivity contribution in [1.82, 2.24) is 0 Å². The molecule has 0 aliphatic carbocycles. The Morgan fingerprint density at radius 3 is 2.42 bits per heavy atom. The van der Waals surface area contributed by atoms with Crippen LogP contribution in [0.15, 0.2) is 42.5 Å². The molecule has 0 bridgehead atoms. The van der Waals surface area contributed by atoms with Crippen LogP contribution in [0, 0.1) is 0 Å². The van der Waals surface area contributed by atoms with Gasteiger partial charge in [0.25, 0.3) is 0 Å². The second-order valence-corrected chi connectivity index (χ2v) is 4.75. The molecule has 0 radical (unpaired) electrons. The molecule has 0 unspecified atom stereocenters. The van der Waals surface area contributed by atoms with Gasteiger partial charge in [0.15, 0.2) is 0 Å². The summed E-state index contributed by atoms with van der Waals surface area (Å²) in [5.41, 5.74) is 1.12. The molecule has 0 aromatic heterocycles. The molecule has 98 valence electrons. The first-order valence-corrected chi connectivity index (χ1v) is 6.35. The molecule has 0 aliphatic rings. The predicted octanol–water partition coefficient (Wildman–Crippen LogP) is 2.25. The molecule has 6 heteroatoms. The molecule has 0 saturated heterocycles. The van der Waals surface area contributed by atoms with Gasteiger partial charge in [-0.05, 0) is 23.2 Å². The summed E-state index contributed by atoms with van der Waals surface area (Å²) >= 11 is 11.7. The largest absolute Gasteiger partial charge is 0.489 e. The summed E-state index contributed by atoms with van der Waals surface area (Å²) in [5, 5.41) is 19.4. The van der Waals surface area contributed by atoms with Crippen molar-refractivity contribution in [3.63, 3.8) is 0 Å². The highest BCUT2D eigenvalue weighted by atomic mass is 35.5. The fourth-order valence-electron chi connectivity index (χ4n) is 1.65. The average molecular weight is 297 g/mol. The molecule has 2 aromatic rings. The topological polar surface area (TPSA) is 49.7 Å². The van der Waals surface area contributed by atoms with E-state index in [1.807, 2.05) is 0 Å². The third kappa shape index (κ3) is 3.64. The predicted molar refractivity (Wildman–Crippen MR) is 77.1 cm³/mol. The lowest BCUT2D eigenvalue weighted by atomic mass is 9.77. The van der Waals surface area contributed by atoms with Crippen LogP contribution in [0.1, 0.15) is 5.56 Å². The Bertz CT molecular complexity index is 576. The number of hydrogen-bond donors (Lipinski definition) is 2. The van der Waals surface area contributed by atoms with Crippen molar-refractivity contribution in [2.45, 2.75) is 6.61 Å². The van der Waals surface area contributed by atoms with Gasteiger partial charge in [-0.3, -0.25) is 0 Å². The maximum absolute atomic E-state index is 9.24. The second kappa shape index (κ2) is 6.30. The highest BCUT2D eigenvalue weighted by Crippen LogP contribution is 2.26. The monoisotopic (exact) mass is 296 g/mol. The normalized spacial score (nSPS) is 10.3. The van der Waals surface area contributed by atoms with Crippen LogP contribution >= 0.6 is 23.2 Å². The van der Waals surface area contributed by atoms with E-state index in [-0.39, 0.29) is 6.61 Å². The van der Waals surface area contributed by atoms with E-state index in [1.54, 1.807) is 42.5 Å². The van der Waals surface area contributed by atoms with Crippen LogP contribution in [0.25, 0.3) is 0 Å². The van der Waals surface area contributed by atoms with Crippen molar-refractivity contribution >= 4 is 35.8 Å². The molecular weight excluding hydrogens is 286 g/mol. The lowest BCUT2D eigenvalue weighted by Crippen LogP contribution is -2.33. The van der Waals surface area contributed by atoms with Gasteiger partial charge in [-0.25, -0.2) is 0 Å². The van der Waals surface area contributed by atoms with E-state index in [9.17, 15) is 10.0 Å². The highest BCUT2D eigenvalue weighted by Gasteiger charge is 2.15. The average Bonchev–Trinajstić information content (AvgIpc) is 2.40. The second-order valence-electron chi connectivity index (χ2n) is 3.94. The van der Waals surface area contributed by atoms with Crippen LogP contribution in [0.5, 0.6) is 5.75 Å². The molecule has 0 aliphatic heterocycles. The zero-order valence-electron chi connectivity index (χ0n) is 9.88. The first-order valence-electron chi connectivity index (χ1n) is 5.59. The first-order chi connectivity index (χ1) is 9.08. The highest BCUT2D eigenvalue weighted by molar-refractivity contribution is 6.59. The lowest BCUT2D eigenvalue weighted by molar-refractivity contribution is 0.306. The molecule has 0 fully saturated rings. The Morgan fingerprint density at radius 2 is 1.74 bits per heavy atom. The van der Waals surface area contributed by atoms with Gasteiger partial charge in [-0.15, -0.1) is 0 Å². The van der Waals surface area contributed by atoms with Gasteiger partial charge in [-0.2, -0.15) is 0 Å². The van der Waals surface area contributed by atoms with E-state index in [2.05, 4.69) is 0 Å². The van der Waals surface area contributed by atoms with Crippen LogP contribution in [0.2, 0.25) is 10.0 Å². The molecule has 0 atom stereocenters. The molecular formula is C13H11BCl2O3. The Hall–Kier alpha value is -1.20. The SMILES string of the molecule is OB(O)c1ccccc1COc1ccc(Cl)c(Cl)c1. The summed E-state index contributed by atoms with van der Waals surface area (Å²) in [4.78, 5) is 0. The van der Waals surface area contributed by atoms with Crippen molar-refractivity contribution < 1.29 is 14.8 Å². The Kier molecular flexibility index (Phi) is 4.72. The molecule has 0 saturated carbocycles. The van der Waals surface area contributed by atoms with Gasteiger partial charge in [-0.1, -0.05) is 47.5 Å². The van der Waals surface area contributed by atoms with Gasteiger partial charge in [0.2, 0.25) is 0 Å². The molecule has 0 heterocycles. The van der Waals surface area contributed by atoms with Crippen molar-refractivity contribution in [3.05, 3.63) is 58.1 Å². The van der Waals surface area contributed by atoms with Crippen LogP contribution in [-0.4, -0.2) is 17.2 Å². The molecule has 2 N–H and O–H groups in total. The van der Waals surface area contributed by atoms with E-state index >= 15 is 0 Å². The van der Waals surface area contributed by atoms with Gasteiger partial charge < -0.3 is 14.8 Å².